The minimum Gasteiger partial charge on any atom is -0.496 e. The second-order valence-corrected chi connectivity index (χ2v) is 4.33. The summed E-state index contributed by atoms with van der Waals surface area (Å²) in [7, 11) is 3.52. The molecule has 0 aliphatic carbocycles. The average molecular weight is 234 g/mol. The molecular formula is C13H18N2O2. The van der Waals surface area contributed by atoms with Crippen LogP contribution in [0.25, 0.3) is 0 Å². The third-order valence-corrected chi connectivity index (χ3v) is 3.07. The Morgan fingerprint density at radius 1 is 1.47 bits per heavy atom. The van der Waals surface area contributed by atoms with E-state index in [1.165, 1.54) is 0 Å². The van der Waals surface area contributed by atoms with Gasteiger partial charge in [0, 0.05) is 25.6 Å². The predicted molar refractivity (Wildman–Crippen MR) is 66.3 cm³/mol. The number of para-hydroxylation sites is 1. The highest BCUT2D eigenvalue weighted by molar-refractivity contribution is 5.97. The molecule has 1 aliphatic heterocycles. The fourth-order valence-corrected chi connectivity index (χ4v) is 2.15. The van der Waals surface area contributed by atoms with Gasteiger partial charge in [0.1, 0.15) is 5.75 Å². The highest BCUT2D eigenvalue weighted by atomic mass is 16.5. The third kappa shape index (κ3) is 2.42. The van der Waals surface area contributed by atoms with Crippen molar-refractivity contribution >= 4 is 5.91 Å². The summed E-state index contributed by atoms with van der Waals surface area (Å²) in [6, 6.07) is 7.36. The number of carbonyl (C=O) groups excluding carboxylic acids is 1. The molecule has 0 aromatic heterocycles. The minimum absolute atomic E-state index is 0.0646. The Morgan fingerprint density at radius 3 is 2.82 bits per heavy atom. The fourth-order valence-electron chi connectivity index (χ4n) is 2.15. The van der Waals surface area contributed by atoms with E-state index in [1.807, 2.05) is 36.2 Å². The second-order valence-electron chi connectivity index (χ2n) is 4.33. The molecule has 1 fully saturated rings. The van der Waals surface area contributed by atoms with Crippen LogP contribution in [-0.4, -0.2) is 44.6 Å². The van der Waals surface area contributed by atoms with Gasteiger partial charge in [0.25, 0.3) is 5.91 Å². The number of methoxy groups -OCH3 is 1. The summed E-state index contributed by atoms with van der Waals surface area (Å²) < 4.78 is 5.20. The number of nitrogens with zero attached hydrogens (tertiary/aromatic N) is 1. The van der Waals surface area contributed by atoms with E-state index in [9.17, 15) is 4.79 Å². The zero-order valence-electron chi connectivity index (χ0n) is 10.3. The molecule has 1 aromatic carbocycles. The average Bonchev–Trinajstić information content (AvgIpc) is 2.32. The van der Waals surface area contributed by atoms with Crippen LogP contribution in [0.5, 0.6) is 5.75 Å². The molecule has 17 heavy (non-hydrogen) atoms. The van der Waals surface area contributed by atoms with Crippen molar-refractivity contribution < 1.29 is 9.53 Å². The lowest BCUT2D eigenvalue weighted by Crippen LogP contribution is -2.52. The second kappa shape index (κ2) is 5.19. The third-order valence-electron chi connectivity index (χ3n) is 3.07. The molecule has 1 aromatic rings. The number of ether oxygens (including phenoxy) is 1. The molecule has 2 rings (SSSR count). The van der Waals surface area contributed by atoms with Gasteiger partial charge in [-0.15, -0.1) is 0 Å². The minimum atomic E-state index is 0.0646. The molecule has 1 N–H and O–H groups in total. The largest absolute Gasteiger partial charge is 0.496 e. The Labute approximate surface area is 102 Å². The monoisotopic (exact) mass is 234 g/mol. The molecule has 0 atom stereocenters. The summed E-state index contributed by atoms with van der Waals surface area (Å²) in [5, 5.41) is 3.13. The molecule has 0 bridgehead atoms. The number of hydrogen-bond acceptors (Lipinski definition) is 3. The maximum Gasteiger partial charge on any atom is 0.257 e. The SMILES string of the molecule is CNCC1CN(C(=O)c2ccccc2OC)C1. The summed E-state index contributed by atoms with van der Waals surface area (Å²) in [6.07, 6.45) is 0. The van der Waals surface area contributed by atoms with Gasteiger partial charge in [-0.2, -0.15) is 0 Å². The molecule has 1 aliphatic rings. The first-order valence-electron chi connectivity index (χ1n) is 5.83. The van der Waals surface area contributed by atoms with Crippen molar-refractivity contribution in [2.45, 2.75) is 0 Å². The van der Waals surface area contributed by atoms with E-state index in [-0.39, 0.29) is 5.91 Å². The van der Waals surface area contributed by atoms with Crippen LogP contribution in [0.15, 0.2) is 24.3 Å². The summed E-state index contributed by atoms with van der Waals surface area (Å²) in [5.41, 5.74) is 0.651. The van der Waals surface area contributed by atoms with Crippen LogP contribution in [-0.2, 0) is 0 Å². The molecule has 4 nitrogen and oxygen atoms in total. The van der Waals surface area contributed by atoms with Gasteiger partial charge in [0.2, 0.25) is 0 Å². The lowest BCUT2D eigenvalue weighted by atomic mass is 9.98. The van der Waals surface area contributed by atoms with Crippen LogP contribution >= 0.6 is 0 Å². The fraction of sp³-hybridized carbons (Fsp3) is 0.462. The van der Waals surface area contributed by atoms with Gasteiger partial charge in [0.05, 0.1) is 12.7 Å². The Balaban J connectivity index is 2.01. The van der Waals surface area contributed by atoms with Crippen LogP contribution < -0.4 is 10.1 Å². The lowest BCUT2D eigenvalue weighted by Gasteiger charge is -2.39. The normalized spacial score (nSPS) is 15.5. The van der Waals surface area contributed by atoms with Crippen molar-refractivity contribution in [1.82, 2.24) is 10.2 Å². The molecule has 1 saturated heterocycles. The zero-order chi connectivity index (χ0) is 12.3. The van der Waals surface area contributed by atoms with E-state index in [0.29, 0.717) is 17.2 Å². The molecule has 0 unspecified atom stereocenters. The number of nitrogens with one attached hydrogen (secondary N) is 1. The number of amides is 1. The Hall–Kier alpha value is -1.55. The van der Waals surface area contributed by atoms with Crippen molar-refractivity contribution in [1.29, 1.82) is 0 Å². The van der Waals surface area contributed by atoms with Gasteiger partial charge in [-0.25, -0.2) is 0 Å². The van der Waals surface area contributed by atoms with Crippen LogP contribution in [0.3, 0.4) is 0 Å². The standard InChI is InChI=1S/C13H18N2O2/c1-14-7-10-8-15(9-10)13(16)11-5-3-4-6-12(11)17-2/h3-6,10,14H,7-9H2,1-2H3. The van der Waals surface area contributed by atoms with Gasteiger partial charge in [-0.1, -0.05) is 12.1 Å². The molecule has 92 valence electrons. The maximum atomic E-state index is 12.2. The highest BCUT2D eigenvalue weighted by Gasteiger charge is 2.31. The molecule has 0 radical (unpaired) electrons. The quantitative estimate of drug-likeness (QED) is 0.844. The van der Waals surface area contributed by atoms with E-state index in [2.05, 4.69) is 5.32 Å². The number of likely N-dealkylation sites (tertiary alicyclic amines) is 1. The molecule has 0 saturated carbocycles. The number of hydrogen-bond donors (Lipinski definition) is 1. The van der Waals surface area contributed by atoms with Crippen LogP contribution in [0.2, 0.25) is 0 Å². The summed E-state index contributed by atoms with van der Waals surface area (Å²) >= 11 is 0. The maximum absolute atomic E-state index is 12.2. The summed E-state index contributed by atoms with van der Waals surface area (Å²) in [4.78, 5) is 14.0. The first kappa shape index (κ1) is 11.9. The van der Waals surface area contributed by atoms with Gasteiger partial charge in [0.15, 0.2) is 0 Å². The Bertz CT molecular complexity index is 400. The van der Waals surface area contributed by atoms with E-state index in [4.69, 9.17) is 4.74 Å². The highest BCUT2D eigenvalue weighted by Crippen LogP contribution is 2.23. The van der Waals surface area contributed by atoms with Crippen LogP contribution in [0.4, 0.5) is 0 Å². The predicted octanol–water partition coefficient (Wildman–Crippen LogP) is 0.987. The molecular weight excluding hydrogens is 216 g/mol. The van der Waals surface area contributed by atoms with E-state index in [0.717, 1.165) is 19.6 Å². The Morgan fingerprint density at radius 2 is 2.18 bits per heavy atom. The van der Waals surface area contributed by atoms with Crippen molar-refractivity contribution in [2.75, 3.05) is 33.8 Å². The summed E-state index contributed by atoms with van der Waals surface area (Å²) in [6.45, 7) is 2.63. The van der Waals surface area contributed by atoms with Gasteiger partial charge in [-0.3, -0.25) is 4.79 Å². The molecule has 4 heteroatoms. The van der Waals surface area contributed by atoms with Crippen molar-refractivity contribution in [3.05, 3.63) is 29.8 Å². The van der Waals surface area contributed by atoms with E-state index >= 15 is 0 Å². The van der Waals surface area contributed by atoms with Crippen LogP contribution in [0, 0.1) is 5.92 Å². The molecule has 1 amide bonds. The summed E-state index contributed by atoms with van der Waals surface area (Å²) in [5.74, 6) is 1.29. The number of carbonyl (C=O) groups is 1. The molecule has 1 heterocycles. The van der Waals surface area contributed by atoms with Crippen LogP contribution in [0.1, 0.15) is 10.4 Å². The van der Waals surface area contributed by atoms with Crippen molar-refractivity contribution in [3.63, 3.8) is 0 Å². The number of benzene rings is 1. The first-order chi connectivity index (χ1) is 8.26. The van der Waals surface area contributed by atoms with E-state index < -0.39 is 0 Å². The van der Waals surface area contributed by atoms with Gasteiger partial charge >= 0.3 is 0 Å². The smallest absolute Gasteiger partial charge is 0.257 e. The van der Waals surface area contributed by atoms with Crippen molar-refractivity contribution in [2.24, 2.45) is 5.92 Å². The van der Waals surface area contributed by atoms with Gasteiger partial charge < -0.3 is 15.0 Å². The topological polar surface area (TPSA) is 41.6 Å². The van der Waals surface area contributed by atoms with Crippen molar-refractivity contribution in [3.8, 4) is 5.75 Å². The Kier molecular flexibility index (Phi) is 3.64. The zero-order valence-corrected chi connectivity index (χ0v) is 10.3. The van der Waals surface area contributed by atoms with Gasteiger partial charge in [-0.05, 0) is 19.2 Å². The molecule has 0 spiro atoms. The van der Waals surface area contributed by atoms with E-state index in [1.54, 1.807) is 7.11 Å². The first-order valence-corrected chi connectivity index (χ1v) is 5.83. The number of rotatable bonds is 4. The lowest BCUT2D eigenvalue weighted by molar-refractivity contribution is 0.0501.